The number of ether oxygens (including phenoxy) is 1. The molecule has 0 aliphatic carbocycles. The van der Waals surface area contributed by atoms with E-state index in [4.69, 9.17) is 4.74 Å². The van der Waals surface area contributed by atoms with E-state index in [1.165, 1.54) is 0 Å². The minimum atomic E-state index is -0.465. The van der Waals surface area contributed by atoms with Gasteiger partial charge in [0.2, 0.25) is 0 Å². The third-order valence-electron chi connectivity index (χ3n) is 4.71. The van der Waals surface area contributed by atoms with Crippen molar-refractivity contribution in [2.45, 2.75) is 19.8 Å². The van der Waals surface area contributed by atoms with E-state index in [1.807, 2.05) is 72.8 Å². The van der Waals surface area contributed by atoms with E-state index >= 15 is 0 Å². The predicted molar refractivity (Wildman–Crippen MR) is 118 cm³/mol. The molecule has 0 aliphatic heterocycles. The van der Waals surface area contributed by atoms with Crippen LogP contribution in [0.2, 0.25) is 0 Å². The average Bonchev–Trinajstić information content (AvgIpc) is 2.79. The molecule has 3 aromatic carbocycles. The fourth-order valence-electron chi connectivity index (χ4n) is 3.20. The zero-order valence-corrected chi connectivity index (χ0v) is 17.0. The third-order valence-corrected chi connectivity index (χ3v) is 4.71. The first-order valence-corrected chi connectivity index (χ1v) is 10.1. The molecular formula is C27H24O3. The Hall–Kier alpha value is -3.64. The third kappa shape index (κ3) is 6.18. The van der Waals surface area contributed by atoms with Gasteiger partial charge in [-0.3, -0.25) is 9.59 Å². The van der Waals surface area contributed by atoms with E-state index < -0.39 is 5.92 Å². The van der Waals surface area contributed by atoms with E-state index in [0.717, 1.165) is 16.7 Å². The molecule has 3 aromatic rings. The van der Waals surface area contributed by atoms with Crippen LogP contribution in [0.5, 0.6) is 0 Å². The van der Waals surface area contributed by atoms with Gasteiger partial charge in [-0.15, -0.1) is 0 Å². The summed E-state index contributed by atoms with van der Waals surface area (Å²) in [5, 5.41) is 0. The predicted octanol–water partition coefficient (Wildman–Crippen LogP) is 5.08. The monoisotopic (exact) mass is 396 g/mol. The molecule has 0 amide bonds. The molecule has 0 saturated heterocycles. The molecule has 3 nitrogen and oxygen atoms in total. The van der Waals surface area contributed by atoms with Crippen molar-refractivity contribution < 1.29 is 14.3 Å². The van der Waals surface area contributed by atoms with E-state index in [9.17, 15) is 9.59 Å². The van der Waals surface area contributed by atoms with Crippen LogP contribution in [0.25, 0.3) is 0 Å². The summed E-state index contributed by atoms with van der Waals surface area (Å²) in [4.78, 5) is 25.2. The molecule has 3 rings (SSSR count). The summed E-state index contributed by atoms with van der Waals surface area (Å²) in [5.41, 5.74) is 3.37. The highest BCUT2D eigenvalue weighted by Crippen LogP contribution is 2.19. The van der Waals surface area contributed by atoms with Gasteiger partial charge in [0, 0.05) is 22.6 Å². The first-order valence-electron chi connectivity index (χ1n) is 10.1. The van der Waals surface area contributed by atoms with Gasteiger partial charge in [-0.05, 0) is 43.2 Å². The summed E-state index contributed by atoms with van der Waals surface area (Å²) in [6.45, 7) is 2.07. The molecule has 30 heavy (non-hydrogen) atoms. The Bertz CT molecular complexity index is 1030. The molecule has 0 saturated carbocycles. The van der Waals surface area contributed by atoms with Crippen molar-refractivity contribution in [1.82, 2.24) is 0 Å². The lowest BCUT2D eigenvalue weighted by Gasteiger charge is -2.15. The summed E-state index contributed by atoms with van der Waals surface area (Å²) in [6, 6.07) is 26.7. The maximum atomic E-state index is 13.1. The van der Waals surface area contributed by atoms with Crippen LogP contribution in [0.1, 0.15) is 40.4 Å². The minimum absolute atomic E-state index is 0.0607. The second kappa shape index (κ2) is 10.8. The van der Waals surface area contributed by atoms with Crippen LogP contribution in [0.4, 0.5) is 0 Å². The summed E-state index contributed by atoms with van der Waals surface area (Å²) in [5.74, 6) is 5.34. The average molecular weight is 396 g/mol. The van der Waals surface area contributed by atoms with Gasteiger partial charge < -0.3 is 4.74 Å². The van der Waals surface area contributed by atoms with Gasteiger partial charge in [-0.1, -0.05) is 72.5 Å². The topological polar surface area (TPSA) is 43.4 Å². The minimum Gasteiger partial charge on any atom is -0.466 e. The number of benzene rings is 3. The maximum absolute atomic E-state index is 13.1. The Morgan fingerprint density at radius 1 is 0.800 bits per heavy atom. The zero-order chi connectivity index (χ0) is 21.2. The molecule has 0 fully saturated rings. The second-order valence-electron chi connectivity index (χ2n) is 6.95. The van der Waals surface area contributed by atoms with Crippen molar-refractivity contribution in [3.8, 4) is 11.8 Å². The Kier molecular flexibility index (Phi) is 7.58. The Morgan fingerprint density at radius 2 is 1.37 bits per heavy atom. The molecule has 0 aromatic heterocycles. The molecule has 0 N–H and O–H groups in total. The van der Waals surface area contributed by atoms with Crippen molar-refractivity contribution in [2.24, 2.45) is 5.92 Å². The summed E-state index contributed by atoms with van der Waals surface area (Å²) < 4.78 is 5.08. The number of esters is 1. The molecule has 0 spiro atoms. The summed E-state index contributed by atoms with van der Waals surface area (Å²) >= 11 is 0. The first-order chi connectivity index (χ1) is 14.7. The van der Waals surface area contributed by atoms with Crippen molar-refractivity contribution in [1.29, 1.82) is 0 Å². The molecular weight excluding hydrogens is 372 g/mol. The van der Waals surface area contributed by atoms with Crippen LogP contribution in [-0.4, -0.2) is 18.4 Å². The summed E-state index contributed by atoms with van der Waals surface area (Å²) in [7, 11) is 0. The maximum Gasteiger partial charge on any atom is 0.306 e. The molecule has 0 bridgehead atoms. The van der Waals surface area contributed by atoms with Crippen molar-refractivity contribution >= 4 is 11.8 Å². The van der Waals surface area contributed by atoms with Gasteiger partial charge in [-0.2, -0.15) is 0 Å². The lowest BCUT2D eigenvalue weighted by atomic mass is 9.88. The van der Waals surface area contributed by atoms with Crippen LogP contribution in [0, 0.1) is 17.8 Å². The smallest absolute Gasteiger partial charge is 0.306 e. The Labute approximate surface area is 177 Å². The lowest BCUT2D eigenvalue weighted by molar-refractivity contribution is -0.143. The fraction of sp³-hybridized carbons (Fsp3) is 0.185. The standard InChI is InChI=1S/C27H24O3/c1-2-30-26(28)20-25(19-23-11-7-4-8-12-23)27(29)24-17-15-22(16-18-24)14-13-21-9-5-3-6-10-21/h3-12,15-18,25H,2,19-20H2,1H3. The van der Waals surface area contributed by atoms with Gasteiger partial charge >= 0.3 is 5.97 Å². The highest BCUT2D eigenvalue weighted by molar-refractivity contribution is 5.99. The molecule has 3 heteroatoms. The summed E-state index contributed by atoms with van der Waals surface area (Å²) in [6.07, 6.45) is 0.561. The number of rotatable bonds is 7. The van der Waals surface area contributed by atoms with Crippen molar-refractivity contribution in [3.63, 3.8) is 0 Å². The molecule has 1 unspecified atom stereocenters. The molecule has 1 atom stereocenters. The van der Waals surface area contributed by atoms with Gasteiger partial charge in [0.15, 0.2) is 5.78 Å². The van der Waals surface area contributed by atoms with Gasteiger partial charge in [0.25, 0.3) is 0 Å². The quantitative estimate of drug-likeness (QED) is 0.318. The molecule has 0 radical (unpaired) electrons. The van der Waals surface area contributed by atoms with E-state index in [2.05, 4.69) is 11.8 Å². The molecule has 150 valence electrons. The normalized spacial score (nSPS) is 11.1. The highest BCUT2D eigenvalue weighted by Gasteiger charge is 2.24. The largest absolute Gasteiger partial charge is 0.466 e. The van der Waals surface area contributed by atoms with Crippen LogP contribution >= 0.6 is 0 Å². The van der Waals surface area contributed by atoms with Crippen LogP contribution < -0.4 is 0 Å². The lowest BCUT2D eigenvalue weighted by Crippen LogP contribution is -2.22. The van der Waals surface area contributed by atoms with Gasteiger partial charge in [0.05, 0.1) is 13.0 Å². The van der Waals surface area contributed by atoms with Crippen molar-refractivity contribution in [3.05, 3.63) is 107 Å². The number of carbonyl (C=O) groups excluding carboxylic acids is 2. The number of carbonyl (C=O) groups is 2. The fourth-order valence-corrected chi connectivity index (χ4v) is 3.20. The van der Waals surface area contributed by atoms with Crippen LogP contribution in [0.15, 0.2) is 84.9 Å². The van der Waals surface area contributed by atoms with Gasteiger partial charge in [0.1, 0.15) is 0 Å². The Balaban J connectivity index is 1.76. The van der Waals surface area contributed by atoms with Gasteiger partial charge in [-0.25, -0.2) is 0 Å². The van der Waals surface area contributed by atoms with E-state index in [-0.39, 0.29) is 18.2 Å². The highest BCUT2D eigenvalue weighted by atomic mass is 16.5. The number of ketones is 1. The Morgan fingerprint density at radius 3 is 1.97 bits per heavy atom. The van der Waals surface area contributed by atoms with Crippen LogP contribution in [-0.2, 0) is 16.0 Å². The SMILES string of the molecule is CCOC(=O)CC(Cc1ccccc1)C(=O)c1ccc(C#Cc2ccccc2)cc1. The first kappa shape index (κ1) is 21.1. The van der Waals surface area contributed by atoms with E-state index in [1.54, 1.807) is 19.1 Å². The zero-order valence-electron chi connectivity index (χ0n) is 17.0. The van der Waals surface area contributed by atoms with E-state index in [0.29, 0.717) is 18.6 Å². The van der Waals surface area contributed by atoms with Crippen LogP contribution in [0.3, 0.4) is 0 Å². The molecule has 0 heterocycles. The number of hydrogen-bond acceptors (Lipinski definition) is 3. The second-order valence-corrected chi connectivity index (χ2v) is 6.95. The van der Waals surface area contributed by atoms with Crippen molar-refractivity contribution in [2.75, 3.05) is 6.61 Å². The molecule has 0 aliphatic rings. The number of hydrogen-bond donors (Lipinski definition) is 0. The number of Topliss-reactive ketones (excluding diaryl/α,β-unsaturated/α-hetero) is 1.